The molecule has 100 valence electrons. The Morgan fingerprint density at radius 2 is 1.89 bits per heavy atom. The molecule has 0 radical (unpaired) electrons. The fourth-order valence-corrected chi connectivity index (χ4v) is 1.66. The minimum absolute atomic E-state index is 0.0505. The van der Waals surface area contributed by atoms with Crippen molar-refractivity contribution in [1.82, 2.24) is 5.32 Å². The van der Waals surface area contributed by atoms with E-state index in [0.717, 1.165) is 12.2 Å². The minimum Gasteiger partial charge on any atom is -0.383 e. The molecule has 0 saturated carbocycles. The van der Waals surface area contributed by atoms with Crippen molar-refractivity contribution in [1.29, 1.82) is 0 Å². The molecule has 0 fully saturated rings. The molecule has 4 nitrogen and oxygen atoms in total. The van der Waals surface area contributed by atoms with Crippen LogP contribution in [0.4, 0.5) is 5.69 Å². The van der Waals surface area contributed by atoms with Crippen LogP contribution in [0.1, 0.15) is 26.3 Å². The largest absolute Gasteiger partial charge is 0.383 e. The van der Waals surface area contributed by atoms with Crippen LogP contribution in [0, 0.1) is 0 Å². The number of carbonyl (C=O) groups is 1. The minimum atomic E-state index is -0.0536. The Morgan fingerprint density at radius 1 is 1.28 bits per heavy atom. The van der Waals surface area contributed by atoms with E-state index in [9.17, 15) is 4.79 Å². The van der Waals surface area contributed by atoms with Gasteiger partial charge in [0, 0.05) is 31.8 Å². The maximum absolute atomic E-state index is 10.9. The average molecular weight is 250 g/mol. The predicted octanol–water partition coefficient (Wildman–Crippen LogP) is 2.16. The number of hydrogen-bond donors (Lipinski definition) is 2. The molecule has 1 aromatic carbocycles. The van der Waals surface area contributed by atoms with Gasteiger partial charge in [0.1, 0.15) is 0 Å². The lowest BCUT2D eigenvalue weighted by molar-refractivity contribution is -0.114. The van der Waals surface area contributed by atoms with E-state index in [2.05, 4.69) is 24.5 Å². The summed E-state index contributed by atoms with van der Waals surface area (Å²) in [7, 11) is 1.70. The Balaban J connectivity index is 2.51. The van der Waals surface area contributed by atoms with Crippen LogP contribution in [0.5, 0.6) is 0 Å². The number of anilines is 1. The molecule has 0 heterocycles. The monoisotopic (exact) mass is 250 g/mol. The van der Waals surface area contributed by atoms with Crippen LogP contribution >= 0.6 is 0 Å². The molecule has 0 atom stereocenters. The summed E-state index contributed by atoms with van der Waals surface area (Å²) < 4.78 is 5.15. The molecule has 18 heavy (non-hydrogen) atoms. The second-order valence-corrected chi connectivity index (χ2v) is 5.05. The maximum atomic E-state index is 10.9. The molecule has 0 aliphatic heterocycles. The molecule has 0 aromatic heterocycles. The number of ether oxygens (including phenoxy) is 1. The van der Waals surface area contributed by atoms with Gasteiger partial charge in [-0.05, 0) is 31.5 Å². The SMILES string of the molecule is COCC(C)(C)NCc1ccc(NC(C)=O)cc1. The zero-order valence-electron chi connectivity index (χ0n) is 11.5. The fourth-order valence-electron chi connectivity index (χ4n) is 1.66. The topological polar surface area (TPSA) is 50.4 Å². The summed E-state index contributed by atoms with van der Waals surface area (Å²) in [6, 6.07) is 7.81. The lowest BCUT2D eigenvalue weighted by atomic mass is 10.1. The van der Waals surface area contributed by atoms with Crippen LogP contribution in [-0.2, 0) is 16.1 Å². The Hall–Kier alpha value is -1.39. The molecule has 2 N–H and O–H groups in total. The van der Waals surface area contributed by atoms with Crippen LogP contribution in [0.25, 0.3) is 0 Å². The third-order valence-corrected chi connectivity index (χ3v) is 2.55. The summed E-state index contributed by atoms with van der Waals surface area (Å²) in [5.74, 6) is -0.0536. The molecule has 1 rings (SSSR count). The predicted molar refractivity (Wildman–Crippen MR) is 73.5 cm³/mol. The number of carbonyl (C=O) groups excluding carboxylic acids is 1. The van der Waals surface area contributed by atoms with Crippen molar-refractivity contribution in [3.05, 3.63) is 29.8 Å². The van der Waals surface area contributed by atoms with E-state index in [1.807, 2.05) is 24.3 Å². The zero-order chi connectivity index (χ0) is 13.6. The van der Waals surface area contributed by atoms with E-state index >= 15 is 0 Å². The Labute approximate surface area is 109 Å². The van der Waals surface area contributed by atoms with Crippen molar-refractivity contribution in [3.63, 3.8) is 0 Å². The van der Waals surface area contributed by atoms with Gasteiger partial charge in [-0.1, -0.05) is 12.1 Å². The van der Waals surface area contributed by atoms with E-state index in [-0.39, 0.29) is 11.4 Å². The molecule has 1 amide bonds. The summed E-state index contributed by atoms with van der Waals surface area (Å²) in [4.78, 5) is 10.9. The van der Waals surface area contributed by atoms with Gasteiger partial charge >= 0.3 is 0 Å². The second kappa shape index (κ2) is 6.52. The first-order valence-corrected chi connectivity index (χ1v) is 6.03. The summed E-state index contributed by atoms with van der Waals surface area (Å²) in [5.41, 5.74) is 1.95. The Kier molecular flexibility index (Phi) is 5.31. The molecule has 0 saturated heterocycles. The smallest absolute Gasteiger partial charge is 0.221 e. The van der Waals surface area contributed by atoms with Crippen LogP contribution < -0.4 is 10.6 Å². The van der Waals surface area contributed by atoms with Gasteiger partial charge in [0.2, 0.25) is 5.91 Å². The number of rotatable bonds is 6. The Morgan fingerprint density at radius 3 is 2.39 bits per heavy atom. The first-order valence-electron chi connectivity index (χ1n) is 6.03. The summed E-state index contributed by atoms with van der Waals surface area (Å²) >= 11 is 0. The van der Waals surface area contributed by atoms with Gasteiger partial charge in [0.25, 0.3) is 0 Å². The number of methoxy groups -OCH3 is 1. The first-order chi connectivity index (χ1) is 8.43. The van der Waals surface area contributed by atoms with Gasteiger partial charge < -0.3 is 15.4 Å². The molecular weight excluding hydrogens is 228 g/mol. The molecular formula is C14H22N2O2. The van der Waals surface area contributed by atoms with E-state index < -0.39 is 0 Å². The van der Waals surface area contributed by atoms with Crippen molar-refractivity contribution in [2.75, 3.05) is 19.0 Å². The summed E-state index contributed by atoms with van der Waals surface area (Å²) in [6.07, 6.45) is 0. The Bertz CT molecular complexity index is 385. The molecule has 0 unspecified atom stereocenters. The van der Waals surface area contributed by atoms with Crippen molar-refractivity contribution in [2.45, 2.75) is 32.9 Å². The molecule has 0 bridgehead atoms. The second-order valence-electron chi connectivity index (χ2n) is 5.05. The van der Waals surface area contributed by atoms with Crippen LogP contribution in [0.3, 0.4) is 0 Å². The standard InChI is InChI=1S/C14H22N2O2/c1-11(17)16-13-7-5-12(6-8-13)9-15-14(2,3)10-18-4/h5-8,15H,9-10H2,1-4H3,(H,16,17). The van der Waals surface area contributed by atoms with Gasteiger partial charge in [-0.15, -0.1) is 0 Å². The third kappa shape index (κ3) is 5.29. The van der Waals surface area contributed by atoms with Crippen molar-refractivity contribution in [2.24, 2.45) is 0 Å². The number of amides is 1. The number of benzene rings is 1. The van der Waals surface area contributed by atoms with Crippen LogP contribution in [0.2, 0.25) is 0 Å². The van der Waals surface area contributed by atoms with Gasteiger partial charge in [-0.25, -0.2) is 0 Å². The highest BCUT2D eigenvalue weighted by Gasteiger charge is 2.15. The van der Waals surface area contributed by atoms with Crippen molar-refractivity contribution < 1.29 is 9.53 Å². The van der Waals surface area contributed by atoms with Crippen LogP contribution in [-0.4, -0.2) is 25.2 Å². The van der Waals surface area contributed by atoms with E-state index in [1.54, 1.807) is 7.11 Å². The maximum Gasteiger partial charge on any atom is 0.221 e. The normalized spacial score (nSPS) is 11.3. The molecule has 0 aliphatic carbocycles. The highest BCUT2D eigenvalue weighted by molar-refractivity contribution is 5.88. The third-order valence-electron chi connectivity index (χ3n) is 2.55. The van der Waals surface area contributed by atoms with E-state index in [0.29, 0.717) is 6.61 Å². The first kappa shape index (κ1) is 14.7. The van der Waals surface area contributed by atoms with Gasteiger partial charge in [0.15, 0.2) is 0 Å². The van der Waals surface area contributed by atoms with E-state index in [4.69, 9.17) is 4.74 Å². The lowest BCUT2D eigenvalue weighted by Crippen LogP contribution is -2.42. The highest BCUT2D eigenvalue weighted by atomic mass is 16.5. The van der Waals surface area contributed by atoms with Gasteiger partial charge in [-0.2, -0.15) is 0 Å². The van der Waals surface area contributed by atoms with Crippen molar-refractivity contribution >= 4 is 11.6 Å². The average Bonchev–Trinajstić information content (AvgIpc) is 2.27. The zero-order valence-corrected chi connectivity index (χ0v) is 11.5. The molecule has 4 heteroatoms. The lowest BCUT2D eigenvalue weighted by Gasteiger charge is -2.25. The molecule has 0 spiro atoms. The fraction of sp³-hybridized carbons (Fsp3) is 0.500. The number of hydrogen-bond acceptors (Lipinski definition) is 3. The molecule has 1 aromatic rings. The van der Waals surface area contributed by atoms with Crippen LogP contribution in [0.15, 0.2) is 24.3 Å². The quantitative estimate of drug-likeness (QED) is 0.813. The molecule has 0 aliphatic rings. The van der Waals surface area contributed by atoms with E-state index in [1.165, 1.54) is 12.5 Å². The van der Waals surface area contributed by atoms with Gasteiger partial charge in [-0.3, -0.25) is 4.79 Å². The van der Waals surface area contributed by atoms with Gasteiger partial charge in [0.05, 0.1) is 6.61 Å². The number of nitrogens with one attached hydrogen (secondary N) is 2. The summed E-state index contributed by atoms with van der Waals surface area (Å²) in [6.45, 7) is 7.14. The summed E-state index contributed by atoms with van der Waals surface area (Å²) in [5, 5.41) is 6.17. The highest BCUT2D eigenvalue weighted by Crippen LogP contribution is 2.11. The van der Waals surface area contributed by atoms with Crippen molar-refractivity contribution in [3.8, 4) is 0 Å².